The van der Waals surface area contributed by atoms with Gasteiger partial charge in [0.2, 0.25) is 0 Å². The second kappa shape index (κ2) is 8.92. The summed E-state index contributed by atoms with van der Waals surface area (Å²) >= 11 is 0. The number of amides is 1. The number of nitrogens with zero attached hydrogens (tertiary/aromatic N) is 3. The van der Waals surface area contributed by atoms with Gasteiger partial charge in [0, 0.05) is 24.6 Å². The van der Waals surface area contributed by atoms with Crippen LogP contribution in [0.25, 0.3) is 10.9 Å². The van der Waals surface area contributed by atoms with Crippen molar-refractivity contribution in [2.45, 2.75) is 18.9 Å². The van der Waals surface area contributed by atoms with Gasteiger partial charge in [0.15, 0.2) is 0 Å². The van der Waals surface area contributed by atoms with Crippen molar-refractivity contribution >= 4 is 22.6 Å². The second-order valence-corrected chi connectivity index (χ2v) is 7.04. The first kappa shape index (κ1) is 19.8. The molecule has 3 aromatic rings. The van der Waals surface area contributed by atoms with Gasteiger partial charge in [-0.25, -0.2) is 4.98 Å². The summed E-state index contributed by atoms with van der Waals surface area (Å²) in [5, 5.41) is 8.05. The van der Waals surface area contributed by atoms with Crippen molar-refractivity contribution in [1.82, 2.24) is 14.8 Å². The Labute approximate surface area is 175 Å². The smallest absolute Gasteiger partial charge is 0.260 e. The van der Waals surface area contributed by atoms with E-state index in [1.165, 1.54) is 11.8 Å². The van der Waals surface area contributed by atoms with Crippen LogP contribution in [0, 0.1) is 0 Å². The number of ether oxygens (including phenoxy) is 2. The van der Waals surface area contributed by atoms with E-state index in [1.807, 2.05) is 18.2 Å². The van der Waals surface area contributed by atoms with Crippen LogP contribution < -0.4 is 10.1 Å². The van der Waals surface area contributed by atoms with Gasteiger partial charge in [0.25, 0.3) is 5.91 Å². The van der Waals surface area contributed by atoms with E-state index in [0.29, 0.717) is 36.2 Å². The highest BCUT2D eigenvalue weighted by molar-refractivity contribution is 6.04. The normalized spacial score (nSPS) is 15.5. The second-order valence-electron chi connectivity index (χ2n) is 7.04. The van der Waals surface area contributed by atoms with E-state index < -0.39 is 0 Å². The molecule has 7 nitrogen and oxygen atoms in total. The lowest BCUT2D eigenvalue weighted by atomic mass is 9.89. The number of carbonyl (C=O) groups is 1. The van der Waals surface area contributed by atoms with E-state index >= 15 is 0 Å². The molecule has 0 fully saturated rings. The highest BCUT2D eigenvalue weighted by Crippen LogP contribution is 2.35. The van der Waals surface area contributed by atoms with Crippen molar-refractivity contribution < 1.29 is 14.3 Å². The van der Waals surface area contributed by atoms with Gasteiger partial charge in [0.05, 0.1) is 32.0 Å². The minimum absolute atomic E-state index is 0.263. The van der Waals surface area contributed by atoms with Crippen molar-refractivity contribution in [3.63, 3.8) is 0 Å². The molecule has 1 aliphatic carbocycles. The van der Waals surface area contributed by atoms with E-state index in [2.05, 4.69) is 45.8 Å². The minimum atomic E-state index is -0.263. The Morgan fingerprint density at radius 2 is 2.13 bits per heavy atom. The Morgan fingerprint density at radius 3 is 2.90 bits per heavy atom. The topological polar surface area (TPSA) is 78.3 Å². The van der Waals surface area contributed by atoms with E-state index in [0.717, 1.165) is 17.3 Å². The standard InChI is InChI=1S/C23H24N4O3/c1-29-13-12-27-15-17(14-24-27)23(28)26-21-11-9-19-18(16-6-4-3-5-7-16)8-10-20(30-2)22(19)25-21/h3-6,8-11,14-16H,7,12-13H2,1-2H3,(H,25,26,28). The molecule has 0 aliphatic heterocycles. The molecule has 0 bridgehead atoms. The largest absolute Gasteiger partial charge is 0.494 e. The van der Waals surface area contributed by atoms with Gasteiger partial charge in [-0.05, 0) is 30.2 Å². The van der Waals surface area contributed by atoms with Gasteiger partial charge in [-0.3, -0.25) is 9.48 Å². The van der Waals surface area contributed by atoms with Crippen LogP contribution in [0.15, 0.2) is 61.0 Å². The van der Waals surface area contributed by atoms with Crippen LogP contribution in [0.4, 0.5) is 5.82 Å². The van der Waals surface area contributed by atoms with Gasteiger partial charge in [0.1, 0.15) is 17.1 Å². The molecule has 0 radical (unpaired) electrons. The fourth-order valence-corrected chi connectivity index (χ4v) is 3.56. The number of benzene rings is 1. The lowest BCUT2D eigenvalue weighted by Crippen LogP contribution is -2.12. The third kappa shape index (κ3) is 4.11. The number of rotatable bonds is 7. The molecule has 1 N–H and O–H groups in total. The van der Waals surface area contributed by atoms with Gasteiger partial charge >= 0.3 is 0 Å². The van der Waals surface area contributed by atoms with Gasteiger partial charge in [-0.1, -0.05) is 30.4 Å². The molecule has 1 aliphatic rings. The Kier molecular flexibility index (Phi) is 5.90. The van der Waals surface area contributed by atoms with Crippen LogP contribution in [-0.4, -0.2) is 41.5 Å². The molecular weight excluding hydrogens is 380 g/mol. The average Bonchev–Trinajstić information content (AvgIpc) is 3.26. The molecule has 7 heteroatoms. The maximum absolute atomic E-state index is 12.6. The summed E-state index contributed by atoms with van der Waals surface area (Å²) in [4.78, 5) is 17.3. The predicted octanol–water partition coefficient (Wildman–Crippen LogP) is 3.94. The van der Waals surface area contributed by atoms with Crippen molar-refractivity contribution in [2.24, 2.45) is 0 Å². The van der Waals surface area contributed by atoms with E-state index in [9.17, 15) is 4.79 Å². The van der Waals surface area contributed by atoms with Gasteiger partial charge in [-0.2, -0.15) is 5.10 Å². The molecule has 1 amide bonds. The van der Waals surface area contributed by atoms with Crippen LogP contribution in [0.5, 0.6) is 5.75 Å². The molecule has 2 aromatic heterocycles. The maximum atomic E-state index is 12.6. The first-order valence-electron chi connectivity index (χ1n) is 9.83. The van der Waals surface area contributed by atoms with Crippen LogP contribution in [0.2, 0.25) is 0 Å². The summed E-state index contributed by atoms with van der Waals surface area (Å²) in [5.41, 5.74) is 2.38. The molecule has 4 rings (SSSR count). The highest BCUT2D eigenvalue weighted by Gasteiger charge is 2.17. The zero-order chi connectivity index (χ0) is 20.9. The Hall–Kier alpha value is -3.45. The third-order valence-corrected chi connectivity index (χ3v) is 5.12. The summed E-state index contributed by atoms with van der Waals surface area (Å²) in [6.45, 7) is 1.12. The number of aromatic nitrogens is 3. The molecule has 1 unspecified atom stereocenters. The summed E-state index contributed by atoms with van der Waals surface area (Å²) < 4.78 is 12.2. The predicted molar refractivity (Wildman–Crippen MR) is 116 cm³/mol. The lowest BCUT2D eigenvalue weighted by molar-refractivity contribution is 0.102. The minimum Gasteiger partial charge on any atom is -0.494 e. The zero-order valence-corrected chi connectivity index (χ0v) is 17.0. The Balaban J connectivity index is 1.61. The van der Waals surface area contributed by atoms with E-state index in [1.54, 1.807) is 25.1 Å². The third-order valence-electron chi connectivity index (χ3n) is 5.12. The number of fused-ring (bicyclic) bond motifs is 1. The SMILES string of the molecule is COCCn1cc(C(=O)Nc2ccc3c(C4C=CC=CC4)ccc(OC)c3n2)cn1. The summed E-state index contributed by atoms with van der Waals surface area (Å²) in [5.74, 6) is 1.17. The lowest BCUT2D eigenvalue weighted by Gasteiger charge is -2.17. The number of methoxy groups -OCH3 is 2. The molecule has 30 heavy (non-hydrogen) atoms. The summed E-state index contributed by atoms with van der Waals surface area (Å²) in [6.07, 6.45) is 12.7. The zero-order valence-electron chi connectivity index (χ0n) is 17.0. The molecular formula is C23H24N4O3. The summed E-state index contributed by atoms with van der Waals surface area (Å²) in [6, 6.07) is 7.83. The van der Waals surface area contributed by atoms with Crippen LogP contribution in [-0.2, 0) is 11.3 Å². The van der Waals surface area contributed by atoms with Crippen molar-refractivity contribution in [1.29, 1.82) is 0 Å². The summed E-state index contributed by atoms with van der Waals surface area (Å²) in [7, 11) is 3.25. The highest BCUT2D eigenvalue weighted by atomic mass is 16.5. The number of allylic oxidation sites excluding steroid dienone is 4. The van der Waals surface area contributed by atoms with Gasteiger partial charge in [-0.15, -0.1) is 0 Å². The molecule has 0 spiro atoms. The number of nitrogens with one attached hydrogen (secondary N) is 1. The number of pyridine rings is 1. The Bertz CT molecular complexity index is 1120. The number of anilines is 1. The maximum Gasteiger partial charge on any atom is 0.260 e. The van der Waals surface area contributed by atoms with Crippen molar-refractivity contribution in [3.05, 3.63) is 72.1 Å². The fourth-order valence-electron chi connectivity index (χ4n) is 3.56. The monoisotopic (exact) mass is 404 g/mol. The molecule has 1 aromatic carbocycles. The van der Waals surface area contributed by atoms with Crippen LogP contribution in [0.3, 0.4) is 0 Å². The van der Waals surface area contributed by atoms with E-state index in [4.69, 9.17) is 9.47 Å². The van der Waals surface area contributed by atoms with Crippen LogP contribution >= 0.6 is 0 Å². The van der Waals surface area contributed by atoms with Crippen molar-refractivity contribution in [3.8, 4) is 5.75 Å². The average molecular weight is 404 g/mol. The number of carbonyl (C=O) groups excluding carboxylic acids is 1. The first-order chi connectivity index (χ1) is 14.7. The quantitative estimate of drug-likeness (QED) is 0.645. The van der Waals surface area contributed by atoms with Gasteiger partial charge < -0.3 is 14.8 Å². The molecule has 154 valence electrons. The van der Waals surface area contributed by atoms with Crippen molar-refractivity contribution in [2.75, 3.05) is 26.1 Å². The van der Waals surface area contributed by atoms with E-state index in [-0.39, 0.29) is 5.91 Å². The van der Waals surface area contributed by atoms with Crippen LogP contribution in [0.1, 0.15) is 28.3 Å². The fraction of sp³-hybridized carbons (Fsp3) is 0.261. The number of hydrogen-bond acceptors (Lipinski definition) is 5. The number of hydrogen-bond donors (Lipinski definition) is 1. The Morgan fingerprint density at radius 1 is 1.23 bits per heavy atom. The molecule has 0 saturated carbocycles. The molecule has 1 atom stereocenters. The molecule has 2 heterocycles. The molecule has 0 saturated heterocycles. The first-order valence-corrected chi connectivity index (χ1v) is 9.83.